The first-order valence-electron chi connectivity index (χ1n) is 13.1. The standard InChI is InChI=1S/C27H25ClF3N9O3/c1-13-9-17(15(3)41)10-19(24(42)33-14(2)16-6-7-16)22(13)34-25(43)21-11-18(12-39-37-26(35-38-39)27(29,30)31)36-40(21)23-20(28)5-4-8-32-23/h4-5,8-11,14,16H,6-7,12H2,1-3H3,(H,33,42)(H,34,43). The van der Waals surface area contributed by atoms with Gasteiger partial charge in [0.05, 0.1) is 22.0 Å². The molecule has 3 aromatic heterocycles. The smallest absolute Gasteiger partial charge is 0.349 e. The maximum absolute atomic E-state index is 13.8. The van der Waals surface area contributed by atoms with E-state index in [-0.39, 0.29) is 51.8 Å². The summed E-state index contributed by atoms with van der Waals surface area (Å²) >= 11 is 6.33. The van der Waals surface area contributed by atoms with Crippen molar-refractivity contribution in [3.63, 3.8) is 0 Å². The number of halogens is 4. The predicted octanol–water partition coefficient (Wildman–Crippen LogP) is 4.27. The number of nitrogens with one attached hydrogen (secondary N) is 2. The Labute approximate surface area is 247 Å². The normalized spacial score (nSPS) is 13.9. The van der Waals surface area contributed by atoms with Crippen LogP contribution in [0.25, 0.3) is 5.82 Å². The number of aromatic nitrogens is 7. The van der Waals surface area contributed by atoms with Crippen LogP contribution in [0.2, 0.25) is 5.02 Å². The van der Waals surface area contributed by atoms with Crippen LogP contribution in [0.3, 0.4) is 0 Å². The van der Waals surface area contributed by atoms with Crippen LogP contribution in [0.4, 0.5) is 18.9 Å². The quantitative estimate of drug-likeness (QED) is 0.265. The van der Waals surface area contributed by atoms with E-state index >= 15 is 0 Å². The summed E-state index contributed by atoms with van der Waals surface area (Å²) in [5.74, 6) is -2.44. The van der Waals surface area contributed by atoms with Crippen molar-refractivity contribution in [1.82, 2.24) is 40.3 Å². The molecular formula is C27H25ClF3N9O3. The van der Waals surface area contributed by atoms with Crippen LogP contribution in [0.15, 0.2) is 36.5 Å². The molecule has 12 nitrogen and oxygen atoms in total. The highest BCUT2D eigenvalue weighted by Gasteiger charge is 2.37. The number of tetrazole rings is 1. The molecule has 16 heteroatoms. The summed E-state index contributed by atoms with van der Waals surface area (Å²) in [6.07, 6.45) is -1.36. The minimum atomic E-state index is -4.79. The van der Waals surface area contributed by atoms with Crippen molar-refractivity contribution in [2.75, 3.05) is 5.32 Å². The van der Waals surface area contributed by atoms with Gasteiger partial charge in [0.2, 0.25) is 0 Å². The summed E-state index contributed by atoms with van der Waals surface area (Å²) in [7, 11) is 0. The van der Waals surface area contributed by atoms with E-state index in [2.05, 4.69) is 36.1 Å². The molecule has 0 spiro atoms. The lowest BCUT2D eigenvalue weighted by atomic mass is 10.00. The van der Waals surface area contributed by atoms with E-state index in [0.717, 1.165) is 17.5 Å². The van der Waals surface area contributed by atoms with E-state index in [1.807, 2.05) is 6.92 Å². The third kappa shape index (κ3) is 6.56. The largest absolute Gasteiger partial charge is 0.455 e. The van der Waals surface area contributed by atoms with Gasteiger partial charge in [-0.25, -0.2) is 9.67 Å². The highest BCUT2D eigenvalue weighted by atomic mass is 35.5. The number of rotatable bonds is 9. The summed E-state index contributed by atoms with van der Waals surface area (Å²) < 4.78 is 40.0. The Balaban J connectivity index is 1.52. The second-order valence-electron chi connectivity index (χ2n) is 10.2. The number of anilines is 1. The summed E-state index contributed by atoms with van der Waals surface area (Å²) in [6, 6.07) is 7.29. The fourth-order valence-electron chi connectivity index (χ4n) is 4.44. The number of hydrogen-bond acceptors (Lipinski definition) is 8. The molecule has 3 heterocycles. The van der Waals surface area contributed by atoms with Crippen molar-refractivity contribution < 1.29 is 27.6 Å². The van der Waals surface area contributed by atoms with Gasteiger partial charge in [-0.3, -0.25) is 14.4 Å². The molecule has 224 valence electrons. The summed E-state index contributed by atoms with van der Waals surface area (Å²) in [6.45, 7) is 4.56. The van der Waals surface area contributed by atoms with Crippen molar-refractivity contribution in [2.45, 2.75) is 52.4 Å². The molecule has 1 aromatic carbocycles. The van der Waals surface area contributed by atoms with Gasteiger partial charge >= 0.3 is 6.18 Å². The lowest BCUT2D eigenvalue weighted by Gasteiger charge is -2.18. The molecule has 1 saturated carbocycles. The number of alkyl halides is 3. The average Bonchev–Trinajstić information content (AvgIpc) is 3.54. The van der Waals surface area contributed by atoms with Crippen LogP contribution in [0, 0.1) is 12.8 Å². The number of carbonyl (C=O) groups excluding carboxylic acids is 3. The average molecular weight is 616 g/mol. The Bertz CT molecular complexity index is 1730. The molecule has 2 N–H and O–H groups in total. The van der Waals surface area contributed by atoms with Gasteiger partial charge in [-0.2, -0.15) is 23.1 Å². The van der Waals surface area contributed by atoms with E-state index < -0.39 is 23.8 Å². The van der Waals surface area contributed by atoms with Gasteiger partial charge in [0.1, 0.15) is 12.2 Å². The van der Waals surface area contributed by atoms with Crippen molar-refractivity contribution in [2.24, 2.45) is 5.92 Å². The van der Waals surface area contributed by atoms with E-state index in [9.17, 15) is 27.6 Å². The van der Waals surface area contributed by atoms with Gasteiger partial charge in [0.25, 0.3) is 17.6 Å². The number of hydrogen-bond donors (Lipinski definition) is 2. The molecule has 1 unspecified atom stereocenters. The van der Waals surface area contributed by atoms with Gasteiger partial charge in [-0.1, -0.05) is 11.6 Å². The van der Waals surface area contributed by atoms with Crippen LogP contribution in [0.5, 0.6) is 0 Å². The molecule has 5 rings (SSSR count). The first-order valence-corrected chi connectivity index (χ1v) is 13.5. The zero-order valence-corrected chi connectivity index (χ0v) is 23.9. The molecule has 1 atom stereocenters. The maximum Gasteiger partial charge on any atom is 0.455 e. The van der Waals surface area contributed by atoms with Crippen LogP contribution >= 0.6 is 11.6 Å². The molecule has 0 aliphatic heterocycles. The molecule has 2 amide bonds. The molecule has 0 bridgehead atoms. The lowest BCUT2D eigenvalue weighted by Crippen LogP contribution is -2.35. The molecule has 0 radical (unpaired) electrons. The Hall–Kier alpha value is -4.66. The highest BCUT2D eigenvalue weighted by Crippen LogP contribution is 2.33. The van der Waals surface area contributed by atoms with Crippen molar-refractivity contribution in [3.8, 4) is 5.82 Å². The fraction of sp³-hybridized carbons (Fsp3) is 0.333. The number of carbonyl (C=O) groups is 3. The maximum atomic E-state index is 13.8. The van der Waals surface area contributed by atoms with E-state index in [1.54, 1.807) is 19.1 Å². The van der Waals surface area contributed by atoms with Gasteiger partial charge < -0.3 is 10.6 Å². The van der Waals surface area contributed by atoms with Crippen LogP contribution in [-0.4, -0.2) is 58.6 Å². The first kappa shape index (κ1) is 29.8. The van der Waals surface area contributed by atoms with Crippen LogP contribution < -0.4 is 10.6 Å². The predicted molar refractivity (Wildman–Crippen MR) is 147 cm³/mol. The number of benzene rings is 1. The van der Waals surface area contributed by atoms with Crippen molar-refractivity contribution >= 4 is 34.9 Å². The summed E-state index contributed by atoms with van der Waals surface area (Å²) in [5.41, 5.74) is 1.02. The van der Waals surface area contributed by atoms with Crippen LogP contribution in [-0.2, 0) is 12.7 Å². The number of Topliss-reactive ketones (excluding diaryl/α,β-unsaturated/α-hetero) is 1. The van der Waals surface area contributed by atoms with Gasteiger partial charge in [-0.15, -0.1) is 10.2 Å². The lowest BCUT2D eigenvalue weighted by molar-refractivity contribution is -0.145. The molecule has 1 aliphatic carbocycles. The van der Waals surface area contributed by atoms with Crippen molar-refractivity contribution in [1.29, 1.82) is 0 Å². The Morgan fingerprint density at radius 2 is 1.88 bits per heavy atom. The SMILES string of the molecule is CC(=O)c1cc(C)c(NC(=O)c2cc(Cn3nnc(C(F)(F)F)n3)nn2-c2ncccc2Cl)c(C(=O)NC(C)C2CC2)c1. The number of ketones is 1. The summed E-state index contributed by atoms with van der Waals surface area (Å²) in [4.78, 5) is 44.2. The zero-order valence-electron chi connectivity index (χ0n) is 23.1. The van der Waals surface area contributed by atoms with Gasteiger partial charge in [-0.05, 0) is 80.6 Å². The third-order valence-corrected chi connectivity index (χ3v) is 7.15. The highest BCUT2D eigenvalue weighted by molar-refractivity contribution is 6.32. The molecule has 4 aromatic rings. The molecule has 1 fully saturated rings. The van der Waals surface area contributed by atoms with Crippen LogP contribution in [0.1, 0.15) is 75.0 Å². The number of pyridine rings is 1. The van der Waals surface area contributed by atoms with E-state index in [1.165, 1.54) is 31.3 Å². The zero-order chi connectivity index (χ0) is 31.1. The van der Waals surface area contributed by atoms with E-state index in [0.29, 0.717) is 21.8 Å². The first-order chi connectivity index (χ1) is 20.3. The molecular weight excluding hydrogens is 591 g/mol. The Morgan fingerprint density at radius 1 is 1.14 bits per heavy atom. The fourth-order valence-corrected chi connectivity index (χ4v) is 4.65. The third-order valence-electron chi connectivity index (χ3n) is 6.86. The molecule has 0 saturated heterocycles. The van der Waals surface area contributed by atoms with Gasteiger partial charge in [0, 0.05) is 17.8 Å². The monoisotopic (exact) mass is 615 g/mol. The topological polar surface area (TPSA) is 150 Å². The summed E-state index contributed by atoms with van der Waals surface area (Å²) in [5, 5.41) is 19.9. The number of nitrogens with zero attached hydrogens (tertiary/aromatic N) is 7. The second-order valence-corrected chi connectivity index (χ2v) is 10.6. The van der Waals surface area contributed by atoms with Gasteiger partial charge in [0.15, 0.2) is 11.6 Å². The van der Waals surface area contributed by atoms with E-state index in [4.69, 9.17) is 11.6 Å². The number of amides is 2. The van der Waals surface area contributed by atoms with Crippen molar-refractivity contribution in [3.05, 3.63) is 75.5 Å². The minimum Gasteiger partial charge on any atom is -0.349 e. The molecule has 1 aliphatic rings. The number of aryl methyl sites for hydroxylation is 1. The Morgan fingerprint density at radius 3 is 2.51 bits per heavy atom. The molecule has 43 heavy (non-hydrogen) atoms. The Kier molecular flexibility index (Phi) is 8.01. The second kappa shape index (κ2) is 11.6. The minimum absolute atomic E-state index is 0.0722.